The lowest BCUT2D eigenvalue weighted by atomic mass is 9.56. The highest BCUT2D eigenvalue weighted by Crippen LogP contribution is 2.60. The van der Waals surface area contributed by atoms with E-state index in [1.807, 2.05) is 37.3 Å². The van der Waals surface area contributed by atoms with Crippen molar-refractivity contribution < 1.29 is 4.84 Å². The third kappa shape index (κ3) is 2.76. The number of allylic oxidation sites excluding steroid dienone is 1. The summed E-state index contributed by atoms with van der Waals surface area (Å²) in [5, 5.41) is 0.421. The summed E-state index contributed by atoms with van der Waals surface area (Å²) in [7, 11) is 1.89. The number of nitrogens with zero attached hydrogens (tertiary/aromatic N) is 3. The maximum Gasteiger partial charge on any atom is 0.126 e. The molecule has 0 amide bonds. The number of hydroxylamine groups is 1. The lowest BCUT2D eigenvalue weighted by molar-refractivity contribution is -0.105. The zero-order chi connectivity index (χ0) is 18.4. The third-order valence-electron chi connectivity index (χ3n) is 7.15. The number of pyridine rings is 1. The van der Waals surface area contributed by atoms with Gasteiger partial charge in [-0.15, -0.1) is 11.8 Å². The molecule has 0 bridgehead atoms. The molecule has 144 valence electrons. The quantitative estimate of drug-likeness (QED) is 0.479. The lowest BCUT2D eigenvalue weighted by Crippen LogP contribution is -2.73. The first-order valence-electron chi connectivity index (χ1n) is 10.1. The molecule has 1 aliphatic carbocycles. The van der Waals surface area contributed by atoms with E-state index in [0.717, 1.165) is 24.7 Å². The monoisotopic (exact) mass is 384 g/mol. The molecular weight excluding hydrogens is 356 g/mol. The van der Waals surface area contributed by atoms with Crippen molar-refractivity contribution >= 4 is 22.5 Å². The fraction of sp³-hybridized carbons (Fsp3) is 0.619. The summed E-state index contributed by atoms with van der Waals surface area (Å²) in [6.45, 7) is 4.57. The molecule has 4 aliphatic rings. The Bertz CT molecular complexity index is 759. The summed E-state index contributed by atoms with van der Waals surface area (Å²) in [6, 6.07) is 4.12. The Balaban J connectivity index is 1.16. The molecule has 3 fully saturated rings. The number of hydrogen-bond acceptors (Lipinski definition) is 5. The van der Waals surface area contributed by atoms with Crippen LogP contribution in [0.25, 0.3) is 4.91 Å². The maximum absolute atomic E-state index is 6.10. The van der Waals surface area contributed by atoms with E-state index in [9.17, 15) is 0 Å². The van der Waals surface area contributed by atoms with Crippen LogP contribution in [0.2, 0.25) is 0 Å². The van der Waals surface area contributed by atoms with Crippen LogP contribution < -0.4 is 5.48 Å². The van der Waals surface area contributed by atoms with E-state index in [-0.39, 0.29) is 6.10 Å². The Morgan fingerprint density at radius 2 is 2.41 bits per heavy atom. The molecule has 0 radical (unpaired) electrons. The van der Waals surface area contributed by atoms with Gasteiger partial charge in [0.05, 0.1) is 6.10 Å². The van der Waals surface area contributed by atoms with Gasteiger partial charge < -0.3 is 0 Å². The number of amidine groups is 1. The molecule has 1 aromatic rings. The van der Waals surface area contributed by atoms with Gasteiger partial charge in [-0.25, -0.2) is 0 Å². The zero-order valence-electron chi connectivity index (χ0n) is 16.1. The third-order valence-corrected chi connectivity index (χ3v) is 8.68. The fourth-order valence-electron chi connectivity index (χ4n) is 5.47. The first-order chi connectivity index (χ1) is 13.2. The van der Waals surface area contributed by atoms with Gasteiger partial charge in [-0.05, 0) is 51.1 Å². The SMILES string of the molecule is CN=C(NOC(C)C1CC=C(c2cccnc2)S1)C1CN2CCC3CCC312. The molecule has 5 rings (SSSR count). The number of thioether (sulfide) groups is 1. The number of aliphatic imine (C=N–C) groups is 1. The van der Waals surface area contributed by atoms with Crippen molar-refractivity contribution in [2.45, 2.75) is 49.5 Å². The Hall–Kier alpha value is -1.37. The van der Waals surface area contributed by atoms with Gasteiger partial charge in [0.2, 0.25) is 0 Å². The van der Waals surface area contributed by atoms with Gasteiger partial charge in [0.1, 0.15) is 5.84 Å². The van der Waals surface area contributed by atoms with Crippen molar-refractivity contribution in [2.75, 3.05) is 20.1 Å². The molecule has 27 heavy (non-hydrogen) atoms. The normalized spacial score (nSPS) is 36.3. The van der Waals surface area contributed by atoms with Gasteiger partial charge >= 0.3 is 0 Å². The predicted molar refractivity (Wildman–Crippen MR) is 110 cm³/mol. The van der Waals surface area contributed by atoms with Crippen LogP contribution in [-0.2, 0) is 4.84 Å². The Morgan fingerprint density at radius 3 is 3.11 bits per heavy atom. The van der Waals surface area contributed by atoms with Crippen molar-refractivity contribution in [1.82, 2.24) is 15.4 Å². The fourth-order valence-corrected chi connectivity index (χ4v) is 6.69. The van der Waals surface area contributed by atoms with Crippen molar-refractivity contribution in [1.29, 1.82) is 0 Å². The number of aromatic nitrogens is 1. The van der Waals surface area contributed by atoms with Gasteiger partial charge in [0, 0.05) is 53.2 Å². The molecule has 3 aliphatic heterocycles. The molecule has 1 aromatic heterocycles. The highest BCUT2D eigenvalue weighted by atomic mass is 32.2. The second-order valence-electron chi connectivity index (χ2n) is 8.25. The Labute approximate surface area is 165 Å². The van der Waals surface area contributed by atoms with E-state index in [0.29, 0.717) is 16.7 Å². The predicted octanol–water partition coefficient (Wildman–Crippen LogP) is 3.35. The molecule has 5 atom stereocenters. The number of nitrogens with one attached hydrogen (secondary N) is 1. The van der Waals surface area contributed by atoms with Crippen LogP contribution >= 0.6 is 11.8 Å². The molecule has 1 saturated carbocycles. The second kappa shape index (κ2) is 6.90. The van der Waals surface area contributed by atoms with Crippen LogP contribution in [0.1, 0.15) is 38.2 Å². The molecule has 1 spiro atoms. The van der Waals surface area contributed by atoms with E-state index in [1.54, 1.807) is 0 Å². The van der Waals surface area contributed by atoms with E-state index in [2.05, 4.69) is 39.4 Å². The summed E-state index contributed by atoms with van der Waals surface area (Å²) in [5.74, 6) is 2.45. The molecule has 2 saturated heterocycles. The summed E-state index contributed by atoms with van der Waals surface area (Å²) in [4.78, 5) is 18.9. The Morgan fingerprint density at radius 1 is 1.48 bits per heavy atom. The molecule has 4 heterocycles. The summed E-state index contributed by atoms with van der Waals surface area (Å²) in [5.41, 5.74) is 4.88. The van der Waals surface area contributed by atoms with E-state index < -0.39 is 0 Å². The van der Waals surface area contributed by atoms with E-state index in [4.69, 9.17) is 4.84 Å². The molecular formula is C21H28N4OS. The van der Waals surface area contributed by atoms with Crippen LogP contribution in [0.4, 0.5) is 0 Å². The minimum Gasteiger partial charge on any atom is -0.296 e. The van der Waals surface area contributed by atoms with Gasteiger partial charge in [-0.3, -0.25) is 25.2 Å². The standard InChI is InChI=1S/C21H28N4OS/c1-14(18-5-6-19(27-18)15-4-3-10-23-12-15)26-24-20(22-2)17-13-25-11-8-16-7-9-21(16,17)25/h3-4,6,10,12,14,16-18H,5,7-9,11,13H2,1-2H3,(H,22,24). The van der Waals surface area contributed by atoms with Gasteiger partial charge in [-0.2, -0.15) is 0 Å². The molecule has 1 N–H and O–H groups in total. The van der Waals surface area contributed by atoms with Gasteiger partial charge in [-0.1, -0.05) is 12.1 Å². The maximum atomic E-state index is 6.10. The molecule has 5 nitrogen and oxygen atoms in total. The van der Waals surface area contributed by atoms with E-state index >= 15 is 0 Å². The number of hydrogen-bond donors (Lipinski definition) is 1. The highest BCUT2D eigenvalue weighted by Gasteiger charge is 2.66. The van der Waals surface area contributed by atoms with Crippen molar-refractivity contribution in [3.63, 3.8) is 0 Å². The summed E-state index contributed by atoms with van der Waals surface area (Å²) >= 11 is 1.89. The van der Waals surface area contributed by atoms with Gasteiger partial charge in [0.25, 0.3) is 0 Å². The summed E-state index contributed by atoms with van der Waals surface area (Å²) in [6.07, 6.45) is 11.3. The largest absolute Gasteiger partial charge is 0.296 e. The topological polar surface area (TPSA) is 49.8 Å². The average Bonchev–Trinajstić information content (AvgIpc) is 3.22. The zero-order valence-corrected chi connectivity index (χ0v) is 16.9. The molecule has 6 heteroatoms. The van der Waals surface area contributed by atoms with Crippen molar-refractivity contribution in [2.24, 2.45) is 16.8 Å². The highest BCUT2D eigenvalue weighted by molar-refractivity contribution is 8.09. The van der Waals surface area contributed by atoms with Crippen LogP contribution in [0.5, 0.6) is 0 Å². The minimum absolute atomic E-state index is 0.117. The van der Waals surface area contributed by atoms with Crippen LogP contribution in [-0.4, -0.2) is 52.7 Å². The molecule has 5 unspecified atom stereocenters. The first-order valence-corrected chi connectivity index (χ1v) is 11.0. The second-order valence-corrected chi connectivity index (χ2v) is 9.53. The van der Waals surface area contributed by atoms with E-state index in [1.165, 1.54) is 36.3 Å². The summed E-state index contributed by atoms with van der Waals surface area (Å²) < 4.78 is 0. The lowest BCUT2D eigenvalue weighted by Gasteiger charge is -2.63. The number of rotatable bonds is 5. The first kappa shape index (κ1) is 17.7. The molecule has 0 aromatic carbocycles. The van der Waals surface area contributed by atoms with Crippen LogP contribution in [0.3, 0.4) is 0 Å². The van der Waals surface area contributed by atoms with Crippen molar-refractivity contribution in [3.05, 3.63) is 36.2 Å². The smallest absolute Gasteiger partial charge is 0.126 e. The average molecular weight is 385 g/mol. The Kier molecular flexibility index (Phi) is 4.53. The minimum atomic E-state index is 0.117. The van der Waals surface area contributed by atoms with Crippen LogP contribution in [0.15, 0.2) is 35.6 Å². The van der Waals surface area contributed by atoms with Crippen LogP contribution in [0, 0.1) is 11.8 Å². The van der Waals surface area contributed by atoms with Crippen molar-refractivity contribution in [3.8, 4) is 0 Å². The van der Waals surface area contributed by atoms with Gasteiger partial charge in [0.15, 0.2) is 0 Å².